The highest BCUT2D eigenvalue weighted by Gasteiger charge is 2.45. The zero-order chi connectivity index (χ0) is 13.3. The molecule has 0 aliphatic rings. The van der Waals surface area contributed by atoms with Gasteiger partial charge in [-0.25, -0.2) is 8.42 Å². The SMILES string of the molecule is CCS(=O)(=O)C(Br)(Br)C(O)c1cccc(C)c1. The Morgan fingerprint density at radius 3 is 2.47 bits per heavy atom. The molecule has 0 heterocycles. The number of sulfone groups is 1. The molecule has 0 saturated carbocycles. The van der Waals surface area contributed by atoms with E-state index in [0.29, 0.717) is 5.56 Å². The third-order valence-electron chi connectivity index (χ3n) is 2.47. The summed E-state index contributed by atoms with van der Waals surface area (Å²) in [4.78, 5) is 0. The van der Waals surface area contributed by atoms with Gasteiger partial charge in [-0.15, -0.1) is 0 Å². The van der Waals surface area contributed by atoms with Gasteiger partial charge in [0.15, 0.2) is 9.84 Å². The van der Waals surface area contributed by atoms with Crippen molar-refractivity contribution in [3.63, 3.8) is 0 Å². The lowest BCUT2D eigenvalue weighted by atomic mass is 10.1. The lowest BCUT2D eigenvalue weighted by molar-refractivity contribution is 0.188. The zero-order valence-electron chi connectivity index (χ0n) is 9.52. The second-order valence-electron chi connectivity index (χ2n) is 3.78. The second kappa shape index (κ2) is 5.38. The lowest BCUT2D eigenvalue weighted by Gasteiger charge is -2.26. The summed E-state index contributed by atoms with van der Waals surface area (Å²) in [6.07, 6.45) is -1.17. The number of benzene rings is 1. The van der Waals surface area contributed by atoms with Crippen molar-refractivity contribution in [3.05, 3.63) is 35.4 Å². The number of rotatable bonds is 4. The van der Waals surface area contributed by atoms with Gasteiger partial charge in [0.1, 0.15) is 6.10 Å². The second-order valence-corrected chi connectivity index (χ2v) is 10.8. The van der Waals surface area contributed by atoms with E-state index >= 15 is 0 Å². The number of aliphatic hydroxyl groups excluding tert-OH is 1. The molecule has 0 saturated heterocycles. The molecule has 0 aliphatic heterocycles. The van der Waals surface area contributed by atoms with E-state index in [4.69, 9.17) is 0 Å². The molecule has 1 atom stereocenters. The van der Waals surface area contributed by atoms with Gasteiger partial charge in [-0.3, -0.25) is 0 Å². The molecule has 96 valence electrons. The molecule has 0 aromatic heterocycles. The molecular weight excluding hydrogens is 372 g/mol. The highest BCUT2D eigenvalue weighted by atomic mass is 79.9. The van der Waals surface area contributed by atoms with Crippen LogP contribution in [0.15, 0.2) is 24.3 Å². The van der Waals surface area contributed by atoms with Crippen LogP contribution in [-0.4, -0.2) is 21.8 Å². The van der Waals surface area contributed by atoms with Gasteiger partial charge in [0.25, 0.3) is 0 Å². The Labute approximate surface area is 118 Å². The molecule has 1 aromatic rings. The Morgan fingerprint density at radius 1 is 1.41 bits per heavy atom. The molecule has 0 radical (unpaired) electrons. The minimum Gasteiger partial charge on any atom is -0.385 e. The molecule has 1 rings (SSSR count). The van der Waals surface area contributed by atoms with Gasteiger partial charge in [-0.2, -0.15) is 0 Å². The van der Waals surface area contributed by atoms with Gasteiger partial charge in [-0.1, -0.05) is 68.6 Å². The molecule has 0 spiro atoms. The maximum atomic E-state index is 11.9. The first kappa shape index (κ1) is 15.1. The number of aliphatic hydroxyl groups is 1. The summed E-state index contributed by atoms with van der Waals surface area (Å²) in [5.74, 6) is -0.0631. The maximum absolute atomic E-state index is 11.9. The summed E-state index contributed by atoms with van der Waals surface area (Å²) in [6, 6.07) is 7.12. The fourth-order valence-corrected chi connectivity index (χ4v) is 4.16. The topological polar surface area (TPSA) is 54.4 Å². The van der Waals surface area contributed by atoms with Crippen molar-refractivity contribution in [2.24, 2.45) is 0 Å². The number of halogens is 2. The summed E-state index contributed by atoms with van der Waals surface area (Å²) >= 11 is 6.14. The minimum absolute atomic E-state index is 0.0631. The smallest absolute Gasteiger partial charge is 0.210 e. The first-order valence-electron chi connectivity index (χ1n) is 5.07. The molecule has 0 aliphatic carbocycles. The van der Waals surface area contributed by atoms with E-state index < -0.39 is 18.5 Å². The average molecular weight is 386 g/mol. The molecule has 0 fully saturated rings. The molecule has 17 heavy (non-hydrogen) atoms. The molecule has 1 N–H and O–H groups in total. The van der Waals surface area contributed by atoms with Crippen molar-refractivity contribution in [1.82, 2.24) is 0 Å². The number of hydrogen-bond acceptors (Lipinski definition) is 3. The Balaban J connectivity index is 3.17. The summed E-state index contributed by atoms with van der Waals surface area (Å²) in [6.45, 7) is 3.42. The molecular formula is C11H14Br2O3S. The average Bonchev–Trinajstić information content (AvgIpc) is 2.27. The van der Waals surface area contributed by atoms with Crippen LogP contribution in [0.3, 0.4) is 0 Å². The van der Waals surface area contributed by atoms with Gasteiger partial charge in [0.05, 0.1) is 0 Å². The molecule has 0 amide bonds. The van der Waals surface area contributed by atoms with Crippen molar-refractivity contribution in [1.29, 1.82) is 0 Å². The van der Waals surface area contributed by atoms with E-state index in [1.165, 1.54) is 6.92 Å². The Kier molecular flexibility index (Phi) is 4.80. The zero-order valence-corrected chi connectivity index (χ0v) is 13.5. The predicted octanol–water partition coefficient (Wildman–Crippen LogP) is 2.91. The van der Waals surface area contributed by atoms with Crippen molar-refractivity contribution in [3.8, 4) is 0 Å². The maximum Gasteiger partial charge on any atom is 0.210 e. The van der Waals surface area contributed by atoms with Crippen LogP contribution in [0.2, 0.25) is 0 Å². The van der Waals surface area contributed by atoms with Gasteiger partial charge >= 0.3 is 0 Å². The van der Waals surface area contributed by atoms with Crippen molar-refractivity contribution < 1.29 is 13.5 Å². The van der Waals surface area contributed by atoms with Crippen molar-refractivity contribution >= 4 is 41.7 Å². The lowest BCUT2D eigenvalue weighted by Crippen LogP contribution is -2.33. The van der Waals surface area contributed by atoms with Gasteiger partial charge in [0.2, 0.25) is 2.57 Å². The van der Waals surface area contributed by atoms with Crippen LogP contribution < -0.4 is 0 Å². The third kappa shape index (κ3) is 3.10. The number of aryl methyl sites for hydroxylation is 1. The van der Waals surface area contributed by atoms with Crippen LogP contribution in [0.25, 0.3) is 0 Å². The standard InChI is InChI=1S/C11H14Br2O3S/c1-3-17(15,16)11(12,13)10(14)9-6-4-5-8(2)7-9/h4-7,10,14H,3H2,1-2H3. The van der Waals surface area contributed by atoms with E-state index in [9.17, 15) is 13.5 Å². The summed E-state index contributed by atoms with van der Waals surface area (Å²) in [7, 11) is -3.47. The van der Waals surface area contributed by atoms with Crippen LogP contribution >= 0.6 is 31.9 Å². The van der Waals surface area contributed by atoms with Gasteiger partial charge in [0, 0.05) is 5.75 Å². The van der Waals surface area contributed by atoms with Gasteiger partial charge < -0.3 is 5.11 Å². The predicted molar refractivity (Wildman–Crippen MR) is 76.2 cm³/mol. The first-order valence-corrected chi connectivity index (χ1v) is 8.31. The molecule has 0 bridgehead atoms. The Bertz CT molecular complexity index is 497. The highest BCUT2D eigenvalue weighted by molar-refractivity contribution is 9.28. The van der Waals surface area contributed by atoms with Crippen molar-refractivity contribution in [2.45, 2.75) is 22.5 Å². The van der Waals surface area contributed by atoms with E-state index in [-0.39, 0.29) is 5.75 Å². The largest absolute Gasteiger partial charge is 0.385 e. The Morgan fingerprint density at radius 2 is 2.00 bits per heavy atom. The molecule has 1 unspecified atom stereocenters. The monoisotopic (exact) mass is 384 g/mol. The normalized spacial score (nSPS) is 14.6. The van der Waals surface area contributed by atoms with Crippen LogP contribution in [0.5, 0.6) is 0 Å². The fraction of sp³-hybridized carbons (Fsp3) is 0.455. The van der Waals surface area contributed by atoms with E-state index in [2.05, 4.69) is 31.9 Å². The molecule has 6 heteroatoms. The van der Waals surface area contributed by atoms with E-state index in [0.717, 1.165) is 5.56 Å². The first-order chi connectivity index (χ1) is 7.72. The Hall–Kier alpha value is 0.0900. The number of alkyl halides is 2. The van der Waals surface area contributed by atoms with E-state index in [1.807, 2.05) is 13.0 Å². The van der Waals surface area contributed by atoms with Gasteiger partial charge in [-0.05, 0) is 12.5 Å². The summed E-state index contributed by atoms with van der Waals surface area (Å²) < 4.78 is 22.2. The summed E-state index contributed by atoms with van der Waals surface area (Å²) in [5, 5.41) is 10.2. The molecule has 1 aromatic carbocycles. The quantitative estimate of drug-likeness (QED) is 0.810. The minimum atomic E-state index is -3.47. The van der Waals surface area contributed by atoms with Crippen LogP contribution in [0, 0.1) is 6.92 Å². The van der Waals surface area contributed by atoms with Crippen LogP contribution in [-0.2, 0) is 9.84 Å². The number of hydrogen-bond donors (Lipinski definition) is 1. The fourth-order valence-electron chi connectivity index (χ4n) is 1.40. The van der Waals surface area contributed by atoms with E-state index in [1.54, 1.807) is 18.2 Å². The third-order valence-corrected chi connectivity index (χ3v) is 8.11. The van der Waals surface area contributed by atoms with Crippen LogP contribution in [0.1, 0.15) is 24.2 Å². The summed E-state index contributed by atoms with van der Waals surface area (Å²) in [5.41, 5.74) is 1.52. The molecule has 3 nitrogen and oxygen atoms in total. The van der Waals surface area contributed by atoms with Crippen LogP contribution in [0.4, 0.5) is 0 Å². The van der Waals surface area contributed by atoms with Crippen molar-refractivity contribution in [2.75, 3.05) is 5.75 Å². The highest BCUT2D eigenvalue weighted by Crippen LogP contribution is 2.44.